The second kappa shape index (κ2) is 7.22. The summed E-state index contributed by atoms with van der Waals surface area (Å²) < 4.78 is 33.3. The van der Waals surface area contributed by atoms with E-state index in [0.717, 1.165) is 39.1 Å². The number of hydrogen-bond donors (Lipinski definition) is 1. The second-order valence-corrected chi connectivity index (χ2v) is 6.73. The van der Waals surface area contributed by atoms with Gasteiger partial charge in [0.1, 0.15) is 11.9 Å². The Bertz CT molecular complexity index is 537. The van der Waals surface area contributed by atoms with Gasteiger partial charge in [0.2, 0.25) is 10.0 Å². The van der Waals surface area contributed by atoms with E-state index in [-0.39, 0.29) is 11.0 Å². The van der Waals surface area contributed by atoms with E-state index in [2.05, 4.69) is 4.90 Å². The van der Waals surface area contributed by atoms with Gasteiger partial charge in [-0.1, -0.05) is 0 Å². The highest BCUT2D eigenvalue weighted by Gasteiger charge is 2.20. The highest BCUT2D eigenvalue weighted by atomic mass is 32.2. The van der Waals surface area contributed by atoms with Crippen LogP contribution >= 0.6 is 0 Å². The molecule has 0 aliphatic carbocycles. The Labute approximate surface area is 125 Å². The van der Waals surface area contributed by atoms with Crippen LogP contribution in [0.25, 0.3) is 0 Å². The highest BCUT2D eigenvalue weighted by Crippen LogP contribution is 2.20. The topological polar surface area (TPSA) is 81.9 Å². The van der Waals surface area contributed by atoms with Crippen LogP contribution < -0.4 is 9.88 Å². The van der Waals surface area contributed by atoms with E-state index in [1.54, 1.807) is 19.2 Å². The minimum Gasteiger partial charge on any atom is -0.490 e. The van der Waals surface area contributed by atoms with Crippen molar-refractivity contribution in [1.82, 2.24) is 4.90 Å². The summed E-state index contributed by atoms with van der Waals surface area (Å²) in [6, 6.07) is 6.24. The third-order valence-corrected chi connectivity index (χ3v) is 4.53. The normalized spacial score (nSPS) is 17.8. The summed E-state index contributed by atoms with van der Waals surface area (Å²) in [6.07, 6.45) is 2.09. The van der Waals surface area contributed by atoms with Gasteiger partial charge in [-0.2, -0.15) is 0 Å². The van der Waals surface area contributed by atoms with E-state index < -0.39 is 10.0 Å². The van der Waals surface area contributed by atoms with Crippen molar-refractivity contribution in [3.63, 3.8) is 0 Å². The lowest BCUT2D eigenvalue weighted by molar-refractivity contribution is 0.0797. The Balaban J connectivity index is 1.83. The molecule has 7 heteroatoms. The van der Waals surface area contributed by atoms with Crippen molar-refractivity contribution < 1.29 is 17.9 Å². The van der Waals surface area contributed by atoms with Crippen molar-refractivity contribution in [3.8, 4) is 5.75 Å². The van der Waals surface area contributed by atoms with E-state index in [0.29, 0.717) is 5.75 Å². The third-order valence-electron chi connectivity index (χ3n) is 3.60. The number of likely N-dealkylation sites (tertiary alicyclic amines) is 1. The molecule has 1 fully saturated rings. The Kier molecular flexibility index (Phi) is 5.58. The number of sulfonamides is 1. The Morgan fingerprint density at radius 1 is 1.24 bits per heavy atom. The fourth-order valence-corrected chi connectivity index (χ4v) is 2.89. The van der Waals surface area contributed by atoms with Crippen LogP contribution in [0.4, 0.5) is 0 Å². The lowest BCUT2D eigenvalue weighted by Crippen LogP contribution is -2.39. The predicted molar refractivity (Wildman–Crippen MR) is 79.8 cm³/mol. The van der Waals surface area contributed by atoms with Gasteiger partial charge in [-0.25, -0.2) is 13.6 Å². The first-order valence-electron chi connectivity index (χ1n) is 7.00. The minimum atomic E-state index is -3.64. The average Bonchev–Trinajstić information content (AvgIpc) is 2.46. The summed E-state index contributed by atoms with van der Waals surface area (Å²) in [6.45, 7) is 3.68. The Hall–Kier alpha value is -1.15. The largest absolute Gasteiger partial charge is 0.490 e. The molecule has 21 heavy (non-hydrogen) atoms. The molecule has 1 saturated heterocycles. The maximum absolute atomic E-state index is 11.2. The molecule has 1 aliphatic rings. The monoisotopic (exact) mass is 314 g/mol. The number of nitrogens with zero attached hydrogens (tertiary/aromatic N) is 1. The molecule has 0 amide bonds. The van der Waals surface area contributed by atoms with Crippen LogP contribution in [0, 0.1) is 0 Å². The van der Waals surface area contributed by atoms with Gasteiger partial charge in [-0.05, 0) is 37.1 Å². The van der Waals surface area contributed by atoms with Crippen LogP contribution in [0.15, 0.2) is 29.2 Å². The van der Waals surface area contributed by atoms with Gasteiger partial charge in [0.05, 0.1) is 11.5 Å². The molecule has 0 saturated carbocycles. The molecule has 2 rings (SSSR count). The van der Waals surface area contributed by atoms with Gasteiger partial charge in [-0.3, -0.25) is 0 Å². The van der Waals surface area contributed by atoms with Gasteiger partial charge in [0, 0.05) is 26.7 Å². The summed E-state index contributed by atoms with van der Waals surface area (Å²) >= 11 is 0. The summed E-state index contributed by atoms with van der Waals surface area (Å²) in [7, 11) is -1.93. The van der Waals surface area contributed by atoms with E-state index in [4.69, 9.17) is 14.6 Å². The zero-order valence-corrected chi connectivity index (χ0v) is 13.0. The molecular formula is C14H22N2O4S. The molecule has 0 unspecified atom stereocenters. The predicted octanol–water partition coefficient (Wildman–Crippen LogP) is 0.824. The van der Waals surface area contributed by atoms with Crippen LogP contribution in [-0.4, -0.2) is 52.8 Å². The SMILES string of the molecule is COCCN1CCC(Oc2ccc(S(N)(=O)=O)cc2)CC1. The number of primary sulfonamides is 1. The zero-order chi connectivity index (χ0) is 15.3. The molecule has 2 N–H and O–H groups in total. The van der Waals surface area contributed by atoms with E-state index in [1.165, 1.54) is 12.1 Å². The fourth-order valence-electron chi connectivity index (χ4n) is 2.37. The molecule has 1 aromatic carbocycles. The molecule has 0 atom stereocenters. The number of piperidine rings is 1. The van der Waals surface area contributed by atoms with E-state index in [1.807, 2.05) is 0 Å². The van der Waals surface area contributed by atoms with Crippen molar-refractivity contribution in [2.24, 2.45) is 5.14 Å². The molecule has 0 aromatic heterocycles. The fraction of sp³-hybridized carbons (Fsp3) is 0.571. The minimum absolute atomic E-state index is 0.101. The number of benzene rings is 1. The third kappa shape index (κ3) is 4.96. The van der Waals surface area contributed by atoms with Gasteiger partial charge in [-0.15, -0.1) is 0 Å². The first-order valence-corrected chi connectivity index (χ1v) is 8.54. The molecular weight excluding hydrogens is 292 g/mol. The van der Waals surface area contributed by atoms with Gasteiger partial charge in [0.25, 0.3) is 0 Å². The summed E-state index contributed by atoms with van der Waals surface area (Å²) in [5.41, 5.74) is 0. The number of hydrogen-bond acceptors (Lipinski definition) is 5. The molecule has 1 aliphatic heterocycles. The first kappa shape index (κ1) is 16.2. The lowest BCUT2D eigenvalue weighted by Gasteiger charge is -2.31. The summed E-state index contributed by atoms with van der Waals surface area (Å²) in [4.78, 5) is 2.46. The van der Waals surface area contributed by atoms with Crippen molar-refractivity contribution in [2.75, 3.05) is 33.4 Å². The quantitative estimate of drug-likeness (QED) is 0.841. The summed E-state index contributed by atoms with van der Waals surface area (Å²) in [5, 5.41) is 5.06. The van der Waals surface area contributed by atoms with Crippen molar-refractivity contribution in [2.45, 2.75) is 23.8 Å². The van der Waals surface area contributed by atoms with Crippen LogP contribution in [0.1, 0.15) is 12.8 Å². The van der Waals surface area contributed by atoms with Crippen LogP contribution in [0.2, 0.25) is 0 Å². The second-order valence-electron chi connectivity index (χ2n) is 5.17. The summed E-state index contributed by atoms with van der Waals surface area (Å²) in [5.74, 6) is 0.678. The smallest absolute Gasteiger partial charge is 0.238 e. The van der Waals surface area contributed by atoms with Gasteiger partial charge in [0.15, 0.2) is 0 Å². The number of nitrogens with two attached hydrogens (primary N) is 1. The van der Waals surface area contributed by atoms with E-state index >= 15 is 0 Å². The van der Waals surface area contributed by atoms with Crippen molar-refractivity contribution in [3.05, 3.63) is 24.3 Å². The number of rotatable bonds is 6. The van der Waals surface area contributed by atoms with Crippen LogP contribution in [-0.2, 0) is 14.8 Å². The molecule has 0 radical (unpaired) electrons. The zero-order valence-electron chi connectivity index (χ0n) is 12.2. The molecule has 0 bridgehead atoms. The van der Waals surface area contributed by atoms with Gasteiger partial charge < -0.3 is 14.4 Å². The van der Waals surface area contributed by atoms with Crippen molar-refractivity contribution in [1.29, 1.82) is 0 Å². The molecule has 118 valence electrons. The average molecular weight is 314 g/mol. The highest BCUT2D eigenvalue weighted by molar-refractivity contribution is 7.89. The first-order chi connectivity index (χ1) is 9.99. The lowest BCUT2D eigenvalue weighted by atomic mass is 10.1. The van der Waals surface area contributed by atoms with Crippen LogP contribution in [0.3, 0.4) is 0 Å². The molecule has 0 spiro atoms. The van der Waals surface area contributed by atoms with Crippen molar-refractivity contribution >= 4 is 10.0 Å². The van der Waals surface area contributed by atoms with Crippen LogP contribution in [0.5, 0.6) is 5.75 Å². The van der Waals surface area contributed by atoms with Gasteiger partial charge >= 0.3 is 0 Å². The maximum atomic E-state index is 11.2. The maximum Gasteiger partial charge on any atom is 0.238 e. The standard InChI is InChI=1S/C14H22N2O4S/c1-19-11-10-16-8-6-13(7-9-16)20-12-2-4-14(5-3-12)21(15,17)18/h2-5,13H,6-11H2,1H3,(H2,15,17,18). The van der Waals surface area contributed by atoms with E-state index in [9.17, 15) is 8.42 Å². The Morgan fingerprint density at radius 2 is 1.86 bits per heavy atom. The molecule has 1 heterocycles. The Morgan fingerprint density at radius 3 is 2.38 bits per heavy atom. The molecule has 6 nitrogen and oxygen atoms in total. The number of ether oxygens (including phenoxy) is 2. The molecule has 1 aromatic rings. The number of methoxy groups -OCH3 is 1.